The van der Waals surface area contributed by atoms with Gasteiger partial charge < -0.3 is 14.8 Å². The van der Waals surface area contributed by atoms with Crippen molar-refractivity contribution in [1.29, 1.82) is 0 Å². The summed E-state index contributed by atoms with van der Waals surface area (Å²) in [5.41, 5.74) is 0. The molecule has 0 aliphatic carbocycles. The minimum atomic E-state index is -0.509. The average molecular weight is 370 g/mol. The van der Waals surface area contributed by atoms with Crippen LogP contribution in [0.5, 0.6) is 0 Å². The number of alkyl carbamates (subject to hydrolysis) is 1. The molecule has 0 heterocycles. The van der Waals surface area contributed by atoms with Crippen molar-refractivity contribution in [3.8, 4) is 0 Å². The van der Waals surface area contributed by atoms with Gasteiger partial charge >= 0.3 is 12.1 Å². The number of rotatable bonds is 16. The molecular weight excluding hydrogens is 330 g/mol. The lowest BCUT2D eigenvalue weighted by Crippen LogP contribution is -2.35. The quantitative estimate of drug-likeness (QED) is 0.225. The van der Waals surface area contributed by atoms with Gasteiger partial charge in [0.15, 0.2) is 0 Å². The van der Waals surface area contributed by atoms with Crippen molar-refractivity contribution in [2.75, 3.05) is 13.2 Å². The molecule has 0 aliphatic heterocycles. The molecule has 26 heavy (non-hydrogen) atoms. The van der Waals surface area contributed by atoms with Gasteiger partial charge in [-0.25, -0.2) is 9.59 Å². The zero-order valence-corrected chi connectivity index (χ0v) is 17.1. The van der Waals surface area contributed by atoms with Crippen LogP contribution in [0.4, 0.5) is 4.79 Å². The molecule has 1 atom stereocenters. The third-order valence-electron chi connectivity index (χ3n) is 4.36. The molecule has 0 aliphatic rings. The van der Waals surface area contributed by atoms with Gasteiger partial charge in [0.2, 0.25) is 0 Å². The Morgan fingerprint density at radius 2 is 1.50 bits per heavy atom. The van der Waals surface area contributed by atoms with Crippen LogP contribution in [0.1, 0.15) is 85.0 Å². The second-order valence-corrected chi connectivity index (χ2v) is 7.13. The summed E-state index contributed by atoms with van der Waals surface area (Å²) in [4.78, 5) is 23.0. The molecule has 1 N–H and O–H groups in total. The van der Waals surface area contributed by atoms with Crippen LogP contribution in [-0.4, -0.2) is 31.3 Å². The molecule has 5 nitrogen and oxygen atoms in total. The molecule has 0 saturated heterocycles. The lowest BCUT2D eigenvalue weighted by Gasteiger charge is -2.21. The molecule has 0 radical (unpaired) electrons. The Bertz CT molecular complexity index is 382. The fraction of sp³-hybridized carbons (Fsp3) is 0.810. The topological polar surface area (TPSA) is 64.6 Å². The van der Waals surface area contributed by atoms with Gasteiger partial charge in [-0.2, -0.15) is 0 Å². The van der Waals surface area contributed by atoms with Gasteiger partial charge in [0.05, 0.1) is 0 Å². The van der Waals surface area contributed by atoms with E-state index in [2.05, 4.69) is 18.8 Å². The molecule has 0 aromatic carbocycles. The molecule has 1 unspecified atom stereocenters. The van der Waals surface area contributed by atoms with Crippen molar-refractivity contribution in [2.45, 2.75) is 91.1 Å². The third-order valence-corrected chi connectivity index (χ3v) is 4.36. The summed E-state index contributed by atoms with van der Waals surface area (Å²) in [7, 11) is 0. The first-order valence-corrected chi connectivity index (χ1v) is 10.2. The first-order chi connectivity index (χ1) is 12.5. The van der Waals surface area contributed by atoms with Gasteiger partial charge in [-0.1, -0.05) is 85.1 Å². The number of unbranched alkanes of at least 4 members (excludes halogenated alkanes) is 9. The van der Waals surface area contributed by atoms with E-state index in [1.807, 2.05) is 13.8 Å². The Balaban J connectivity index is 3.64. The fourth-order valence-electron chi connectivity index (χ4n) is 2.57. The van der Waals surface area contributed by atoms with Gasteiger partial charge in [-0.3, -0.25) is 0 Å². The largest absolute Gasteiger partial charge is 0.459 e. The van der Waals surface area contributed by atoms with E-state index in [1.165, 1.54) is 51.4 Å². The highest BCUT2D eigenvalue weighted by Gasteiger charge is 2.19. The van der Waals surface area contributed by atoms with Gasteiger partial charge in [-0.05, 0) is 12.3 Å². The van der Waals surface area contributed by atoms with Crippen LogP contribution in [-0.2, 0) is 14.3 Å². The monoisotopic (exact) mass is 369 g/mol. The molecule has 0 bridgehead atoms. The second kappa shape index (κ2) is 16.9. The van der Waals surface area contributed by atoms with E-state index in [4.69, 9.17) is 9.47 Å². The SMILES string of the molecule is C=CC(=O)OCC(OC(=O)NCCCCCCCCCCCC)C(C)C. The van der Waals surface area contributed by atoms with Crippen LogP contribution in [0.25, 0.3) is 0 Å². The van der Waals surface area contributed by atoms with E-state index < -0.39 is 18.2 Å². The number of nitrogens with one attached hydrogen (secondary N) is 1. The predicted octanol–water partition coefficient (Wildman–Crippen LogP) is 5.39. The van der Waals surface area contributed by atoms with Crippen LogP contribution in [0.15, 0.2) is 12.7 Å². The summed E-state index contributed by atoms with van der Waals surface area (Å²) < 4.78 is 10.3. The van der Waals surface area contributed by atoms with Gasteiger partial charge in [-0.15, -0.1) is 0 Å². The zero-order valence-electron chi connectivity index (χ0n) is 17.1. The number of hydrogen-bond donors (Lipinski definition) is 1. The van der Waals surface area contributed by atoms with Crippen LogP contribution >= 0.6 is 0 Å². The molecule has 0 rings (SSSR count). The van der Waals surface area contributed by atoms with Gasteiger partial charge in [0.25, 0.3) is 0 Å². The zero-order chi connectivity index (χ0) is 19.6. The van der Waals surface area contributed by atoms with E-state index >= 15 is 0 Å². The third kappa shape index (κ3) is 14.8. The highest BCUT2D eigenvalue weighted by atomic mass is 16.6. The first kappa shape index (κ1) is 24.5. The van der Waals surface area contributed by atoms with E-state index in [1.54, 1.807) is 0 Å². The van der Waals surface area contributed by atoms with Crippen LogP contribution < -0.4 is 5.32 Å². The van der Waals surface area contributed by atoms with Crippen molar-refractivity contribution >= 4 is 12.1 Å². The molecule has 0 aromatic rings. The lowest BCUT2D eigenvalue weighted by atomic mass is 10.1. The minimum Gasteiger partial charge on any atom is -0.459 e. The second-order valence-electron chi connectivity index (χ2n) is 7.13. The molecule has 152 valence electrons. The van der Waals surface area contributed by atoms with Crippen molar-refractivity contribution in [3.05, 3.63) is 12.7 Å². The number of carbonyl (C=O) groups is 2. The Morgan fingerprint density at radius 3 is 2.00 bits per heavy atom. The summed E-state index contributed by atoms with van der Waals surface area (Å²) in [6.07, 6.45) is 12.8. The standard InChI is InChI=1S/C21H39NO4/c1-5-7-8-9-10-11-12-13-14-15-16-22-21(24)26-19(18(3)4)17-25-20(23)6-2/h6,18-19H,2,5,7-17H2,1,3-4H3,(H,22,24). The van der Waals surface area contributed by atoms with Crippen molar-refractivity contribution in [3.63, 3.8) is 0 Å². The average Bonchev–Trinajstić information content (AvgIpc) is 2.62. The molecule has 1 amide bonds. The number of hydrogen-bond acceptors (Lipinski definition) is 4. The van der Waals surface area contributed by atoms with Gasteiger partial charge in [0.1, 0.15) is 12.7 Å². The molecule has 0 fully saturated rings. The number of ether oxygens (including phenoxy) is 2. The highest BCUT2D eigenvalue weighted by molar-refractivity contribution is 5.81. The maximum atomic E-state index is 11.8. The maximum absolute atomic E-state index is 11.8. The Hall–Kier alpha value is -1.52. The Morgan fingerprint density at radius 1 is 0.962 bits per heavy atom. The Labute approximate surface area is 159 Å². The van der Waals surface area contributed by atoms with Crippen LogP contribution in [0, 0.1) is 5.92 Å². The summed E-state index contributed by atoms with van der Waals surface area (Å²) in [6, 6.07) is 0. The Kier molecular flexibility index (Phi) is 15.9. The molecule has 0 spiro atoms. The first-order valence-electron chi connectivity index (χ1n) is 10.2. The lowest BCUT2D eigenvalue weighted by molar-refractivity contribution is -0.141. The minimum absolute atomic E-state index is 0.0498. The van der Waals surface area contributed by atoms with Crippen molar-refractivity contribution < 1.29 is 19.1 Å². The van der Waals surface area contributed by atoms with E-state index in [-0.39, 0.29) is 12.5 Å². The predicted molar refractivity (Wildman–Crippen MR) is 106 cm³/mol. The maximum Gasteiger partial charge on any atom is 0.407 e. The van der Waals surface area contributed by atoms with Crippen LogP contribution in [0.3, 0.4) is 0 Å². The fourth-order valence-corrected chi connectivity index (χ4v) is 2.57. The molecule has 5 heteroatoms. The van der Waals surface area contributed by atoms with E-state index in [0.29, 0.717) is 6.54 Å². The van der Waals surface area contributed by atoms with E-state index in [9.17, 15) is 9.59 Å². The summed E-state index contributed by atoms with van der Waals surface area (Å²) in [5, 5.41) is 2.77. The number of amides is 1. The van der Waals surface area contributed by atoms with Crippen molar-refractivity contribution in [1.82, 2.24) is 5.32 Å². The highest BCUT2D eigenvalue weighted by Crippen LogP contribution is 2.11. The molecule has 0 saturated carbocycles. The van der Waals surface area contributed by atoms with Crippen LogP contribution in [0.2, 0.25) is 0 Å². The summed E-state index contributed by atoms with van der Waals surface area (Å²) in [6.45, 7) is 10.1. The smallest absolute Gasteiger partial charge is 0.407 e. The summed E-state index contributed by atoms with van der Waals surface area (Å²) in [5.74, 6) is -0.444. The van der Waals surface area contributed by atoms with Gasteiger partial charge in [0, 0.05) is 12.6 Å². The van der Waals surface area contributed by atoms with Crippen molar-refractivity contribution in [2.24, 2.45) is 5.92 Å². The van der Waals surface area contributed by atoms with E-state index in [0.717, 1.165) is 18.9 Å². The number of esters is 1. The molecular formula is C21H39NO4. The normalized spacial score (nSPS) is 11.8. The number of carbonyl (C=O) groups excluding carboxylic acids is 2. The molecule has 0 aromatic heterocycles. The summed E-state index contributed by atoms with van der Waals surface area (Å²) >= 11 is 0.